The van der Waals surface area contributed by atoms with Crippen molar-refractivity contribution in [2.24, 2.45) is 0 Å². The van der Waals surface area contributed by atoms with Crippen LogP contribution in [0.15, 0.2) is 24.3 Å². The number of alkyl carbamates (subject to hydrolysis) is 1. The summed E-state index contributed by atoms with van der Waals surface area (Å²) in [6, 6.07) is 8.20. The zero-order valence-electron chi connectivity index (χ0n) is 20.2. The van der Waals surface area contributed by atoms with E-state index in [1.807, 2.05) is 32.9 Å². The van der Waals surface area contributed by atoms with Crippen LogP contribution in [0.2, 0.25) is 0 Å². The van der Waals surface area contributed by atoms with Crippen LogP contribution in [0.5, 0.6) is 0 Å². The molecule has 0 saturated carbocycles. The van der Waals surface area contributed by atoms with Crippen LogP contribution < -0.4 is 10.6 Å². The molecule has 5 nitrogen and oxygen atoms in total. The predicted molar refractivity (Wildman–Crippen MR) is 129 cm³/mol. The predicted octanol–water partition coefficient (Wildman–Crippen LogP) is 7.00. The SMILES string of the molecule is CCCCCCCCCCc1ccc(NC(=O)CCCCNC(=O)OC(C)(C)C)cc1. The van der Waals surface area contributed by atoms with Crippen molar-refractivity contribution in [2.75, 3.05) is 11.9 Å². The monoisotopic (exact) mass is 432 g/mol. The van der Waals surface area contributed by atoms with Gasteiger partial charge in [-0.15, -0.1) is 0 Å². The molecule has 0 bridgehead atoms. The fraction of sp³-hybridized carbons (Fsp3) is 0.692. The molecule has 0 aliphatic heterocycles. The molecule has 0 heterocycles. The second kappa shape index (κ2) is 15.7. The Morgan fingerprint density at radius 2 is 1.45 bits per heavy atom. The molecule has 2 amide bonds. The lowest BCUT2D eigenvalue weighted by atomic mass is 10.0. The Kier molecular flexibility index (Phi) is 13.7. The standard InChI is InChI=1S/C26H44N2O3/c1-5-6-7-8-9-10-11-12-15-22-17-19-23(20-18-22)28-24(29)16-13-14-21-27-25(30)31-26(2,3)4/h17-20H,5-16,21H2,1-4H3,(H,27,30)(H,28,29). The van der Waals surface area contributed by atoms with Crippen molar-refractivity contribution < 1.29 is 14.3 Å². The molecule has 31 heavy (non-hydrogen) atoms. The minimum Gasteiger partial charge on any atom is -0.444 e. The van der Waals surface area contributed by atoms with E-state index in [1.165, 1.54) is 56.9 Å². The summed E-state index contributed by atoms with van der Waals surface area (Å²) in [6.45, 7) is 8.26. The van der Waals surface area contributed by atoms with Gasteiger partial charge in [0, 0.05) is 18.7 Å². The zero-order valence-corrected chi connectivity index (χ0v) is 20.2. The molecule has 1 rings (SSSR count). The fourth-order valence-electron chi connectivity index (χ4n) is 3.36. The third-order valence-electron chi connectivity index (χ3n) is 5.06. The van der Waals surface area contributed by atoms with Gasteiger partial charge in [0.25, 0.3) is 0 Å². The third kappa shape index (κ3) is 15.4. The van der Waals surface area contributed by atoms with Gasteiger partial charge in [0.05, 0.1) is 0 Å². The molecule has 2 N–H and O–H groups in total. The molecule has 176 valence electrons. The van der Waals surface area contributed by atoms with Crippen LogP contribution in [0.1, 0.15) is 104 Å². The maximum Gasteiger partial charge on any atom is 0.407 e. The number of carbonyl (C=O) groups excluding carboxylic acids is 2. The van der Waals surface area contributed by atoms with Crippen molar-refractivity contribution in [1.29, 1.82) is 0 Å². The number of amides is 2. The first-order chi connectivity index (χ1) is 14.8. The van der Waals surface area contributed by atoms with Crippen LogP contribution in [0.25, 0.3) is 0 Å². The maximum atomic E-state index is 12.1. The van der Waals surface area contributed by atoms with Gasteiger partial charge in [-0.25, -0.2) is 4.79 Å². The van der Waals surface area contributed by atoms with Gasteiger partial charge in [-0.3, -0.25) is 4.79 Å². The van der Waals surface area contributed by atoms with Crippen molar-refractivity contribution in [3.63, 3.8) is 0 Å². The summed E-state index contributed by atoms with van der Waals surface area (Å²) in [4.78, 5) is 23.7. The molecule has 0 fully saturated rings. The number of aryl methyl sites for hydroxylation is 1. The normalized spacial score (nSPS) is 11.2. The van der Waals surface area contributed by atoms with Gasteiger partial charge in [-0.1, -0.05) is 64.0 Å². The summed E-state index contributed by atoms with van der Waals surface area (Å²) in [5.74, 6) is 0.00749. The molecule has 1 aromatic rings. The quantitative estimate of drug-likeness (QED) is 0.293. The molecule has 0 radical (unpaired) electrons. The number of hydrogen-bond donors (Lipinski definition) is 2. The molecule has 0 atom stereocenters. The number of carbonyl (C=O) groups is 2. The van der Waals surface area contributed by atoms with E-state index in [0.29, 0.717) is 13.0 Å². The highest BCUT2D eigenvalue weighted by atomic mass is 16.6. The van der Waals surface area contributed by atoms with Gasteiger partial charge in [-0.2, -0.15) is 0 Å². The van der Waals surface area contributed by atoms with Gasteiger partial charge in [0.15, 0.2) is 0 Å². The lowest BCUT2D eigenvalue weighted by molar-refractivity contribution is -0.116. The maximum absolute atomic E-state index is 12.1. The van der Waals surface area contributed by atoms with Gasteiger partial charge < -0.3 is 15.4 Å². The molecule has 0 saturated heterocycles. The van der Waals surface area contributed by atoms with E-state index in [0.717, 1.165) is 24.9 Å². The van der Waals surface area contributed by atoms with Crippen LogP contribution in [-0.4, -0.2) is 24.1 Å². The van der Waals surface area contributed by atoms with Crippen molar-refractivity contribution in [1.82, 2.24) is 5.32 Å². The molecule has 0 aliphatic rings. The summed E-state index contributed by atoms with van der Waals surface area (Å²) in [5, 5.41) is 5.66. The Hall–Kier alpha value is -2.04. The molecule has 1 aromatic carbocycles. The second-order valence-electron chi connectivity index (χ2n) is 9.36. The van der Waals surface area contributed by atoms with Crippen LogP contribution in [0.4, 0.5) is 10.5 Å². The summed E-state index contributed by atoms with van der Waals surface area (Å²) in [6.07, 6.45) is 13.3. The molecular weight excluding hydrogens is 388 g/mol. The van der Waals surface area contributed by atoms with Crippen molar-refractivity contribution >= 4 is 17.7 Å². The summed E-state index contributed by atoms with van der Waals surface area (Å²) < 4.78 is 5.18. The van der Waals surface area contributed by atoms with E-state index in [-0.39, 0.29) is 5.91 Å². The second-order valence-corrected chi connectivity index (χ2v) is 9.36. The third-order valence-corrected chi connectivity index (χ3v) is 5.06. The Bertz CT molecular complexity index is 621. The fourth-order valence-corrected chi connectivity index (χ4v) is 3.36. The molecule has 5 heteroatoms. The highest BCUT2D eigenvalue weighted by Crippen LogP contribution is 2.14. The first-order valence-corrected chi connectivity index (χ1v) is 12.2. The molecule has 0 spiro atoms. The number of benzene rings is 1. The minimum atomic E-state index is -0.493. The number of anilines is 1. The number of nitrogens with one attached hydrogen (secondary N) is 2. The lowest BCUT2D eigenvalue weighted by Crippen LogP contribution is -2.33. The molecule has 0 aromatic heterocycles. The average molecular weight is 433 g/mol. The highest BCUT2D eigenvalue weighted by molar-refractivity contribution is 5.90. The van der Waals surface area contributed by atoms with Crippen LogP contribution in [0.3, 0.4) is 0 Å². The zero-order chi connectivity index (χ0) is 23.0. The largest absolute Gasteiger partial charge is 0.444 e. The first kappa shape index (κ1) is 27.0. The van der Waals surface area contributed by atoms with E-state index in [1.54, 1.807) is 0 Å². The minimum absolute atomic E-state index is 0.00749. The topological polar surface area (TPSA) is 67.4 Å². The van der Waals surface area contributed by atoms with Crippen LogP contribution in [0, 0.1) is 0 Å². The Labute approximate surface area is 189 Å². The molecule has 0 aliphatic carbocycles. The number of unbranched alkanes of at least 4 members (excludes halogenated alkanes) is 8. The number of ether oxygens (including phenoxy) is 1. The number of hydrogen-bond acceptors (Lipinski definition) is 3. The Morgan fingerprint density at radius 1 is 0.839 bits per heavy atom. The Balaban J connectivity index is 2.10. The average Bonchev–Trinajstić information content (AvgIpc) is 2.69. The van der Waals surface area contributed by atoms with E-state index >= 15 is 0 Å². The number of rotatable bonds is 15. The Morgan fingerprint density at radius 3 is 2.06 bits per heavy atom. The van der Waals surface area contributed by atoms with E-state index in [2.05, 4.69) is 29.7 Å². The molecular formula is C26H44N2O3. The lowest BCUT2D eigenvalue weighted by Gasteiger charge is -2.19. The highest BCUT2D eigenvalue weighted by Gasteiger charge is 2.15. The van der Waals surface area contributed by atoms with Crippen molar-refractivity contribution in [3.8, 4) is 0 Å². The first-order valence-electron chi connectivity index (χ1n) is 12.2. The summed E-state index contributed by atoms with van der Waals surface area (Å²) >= 11 is 0. The van der Waals surface area contributed by atoms with E-state index in [4.69, 9.17) is 4.74 Å². The van der Waals surface area contributed by atoms with Gasteiger partial charge in [0.1, 0.15) is 5.60 Å². The van der Waals surface area contributed by atoms with E-state index in [9.17, 15) is 9.59 Å². The van der Waals surface area contributed by atoms with Crippen molar-refractivity contribution in [3.05, 3.63) is 29.8 Å². The van der Waals surface area contributed by atoms with Gasteiger partial charge >= 0.3 is 6.09 Å². The smallest absolute Gasteiger partial charge is 0.407 e. The van der Waals surface area contributed by atoms with Crippen LogP contribution in [-0.2, 0) is 16.0 Å². The van der Waals surface area contributed by atoms with Crippen LogP contribution >= 0.6 is 0 Å². The van der Waals surface area contributed by atoms with E-state index < -0.39 is 11.7 Å². The summed E-state index contributed by atoms with van der Waals surface area (Å²) in [5.41, 5.74) is 1.68. The van der Waals surface area contributed by atoms with Gasteiger partial charge in [0.2, 0.25) is 5.91 Å². The van der Waals surface area contributed by atoms with Crippen molar-refractivity contribution in [2.45, 2.75) is 110 Å². The van der Waals surface area contributed by atoms with Gasteiger partial charge in [-0.05, 0) is 64.2 Å². The molecule has 0 unspecified atom stereocenters. The summed E-state index contributed by atoms with van der Waals surface area (Å²) in [7, 11) is 0.